The first-order valence-corrected chi connectivity index (χ1v) is 23.3. The third kappa shape index (κ3) is 10.1. The van der Waals surface area contributed by atoms with E-state index in [0.717, 1.165) is 60.6 Å². The van der Waals surface area contributed by atoms with Crippen molar-refractivity contribution >= 4 is 73.5 Å². The van der Waals surface area contributed by atoms with E-state index in [1.54, 1.807) is 59.6 Å². The van der Waals surface area contributed by atoms with Gasteiger partial charge in [0.1, 0.15) is 6.10 Å². The van der Waals surface area contributed by atoms with Crippen LogP contribution < -0.4 is 5.32 Å². The highest BCUT2D eigenvalue weighted by atomic mass is 35.5. The van der Waals surface area contributed by atoms with Crippen molar-refractivity contribution in [1.82, 2.24) is 39.1 Å². The van der Waals surface area contributed by atoms with E-state index < -0.39 is 21.7 Å². The molecule has 4 aromatic heterocycles. The van der Waals surface area contributed by atoms with Crippen molar-refractivity contribution in [2.24, 2.45) is 11.8 Å². The summed E-state index contributed by atoms with van der Waals surface area (Å²) in [6.45, 7) is 5.82. The fourth-order valence-electron chi connectivity index (χ4n) is 8.43. The van der Waals surface area contributed by atoms with Crippen LogP contribution in [0, 0.1) is 30.4 Å². The standard InChI is InChI=1S/C24H22ClFN4O2S.C22H22ClFN4O3.ClH/c1-15-2-5-18(6-3-15)33(31,32)30-14-20(19-11-17(25)4-7-23(19)30)24-28-13-21(26)22(29-24)10-16-8-9-27-12-16;23-14-1-2-19-16(8-14)17(9-25-19)21-26-10-18(24)20(27-21)7-13-3-5-28(11-13)22(29)31-15-4-6-30-12-15;/h2-7,11,13-14,16,27H,8-10,12H2,1H3;1-2,8-10,13,15,25H,3-7,11-12H2;1H/t16-;13-,15-;/m00./s1. The highest BCUT2D eigenvalue weighted by Crippen LogP contribution is 2.35. The van der Waals surface area contributed by atoms with E-state index in [1.807, 2.05) is 19.1 Å². The van der Waals surface area contributed by atoms with Gasteiger partial charge in [0, 0.05) is 69.4 Å². The van der Waals surface area contributed by atoms with Gasteiger partial charge in [-0.3, -0.25) is 0 Å². The van der Waals surface area contributed by atoms with Crippen LogP contribution in [0.2, 0.25) is 10.0 Å². The number of likely N-dealkylation sites (tertiary alicyclic amines) is 1. The first-order valence-electron chi connectivity index (χ1n) is 21.1. The molecule has 340 valence electrons. The topological polar surface area (TPSA) is 157 Å². The van der Waals surface area contributed by atoms with Crippen LogP contribution in [-0.4, -0.2) is 93.8 Å². The van der Waals surface area contributed by atoms with Crippen LogP contribution in [-0.2, 0) is 32.3 Å². The third-order valence-corrected chi connectivity index (χ3v) is 14.1. The minimum Gasteiger partial charge on any atom is -0.444 e. The predicted molar refractivity (Wildman–Crippen MR) is 247 cm³/mol. The summed E-state index contributed by atoms with van der Waals surface area (Å²) in [7, 11) is -3.88. The molecule has 19 heteroatoms. The molecule has 65 heavy (non-hydrogen) atoms. The molecular formula is C46H45Cl3F2N8O5S. The fraction of sp³-hybridized carbons (Fsp3) is 0.326. The Hall–Kier alpha value is -5.23. The number of aromatic amines is 1. The highest BCUT2D eigenvalue weighted by molar-refractivity contribution is 7.90. The van der Waals surface area contributed by atoms with E-state index >= 15 is 0 Å². The van der Waals surface area contributed by atoms with Crippen LogP contribution in [0.15, 0.2) is 90.3 Å². The van der Waals surface area contributed by atoms with Gasteiger partial charge in [-0.25, -0.2) is 45.9 Å². The van der Waals surface area contributed by atoms with Gasteiger partial charge in [0.15, 0.2) is 23.3 Å². The number of halogens is 5. The molecule has 3 aromatic carbocycles. The first-order chi connectivity index (χ1) is 30.9. The highest BCUT2D eigenvalue weighted by Gasteiger charge is 2.31. The molecule has 0 spiro atoms. The molecule has 7 aromatic rings. The molecule has 7 heterocycles. The summed E-state index contributed by atoms with van der Waals surface area (Å²) in [6, 6.07) is 17.2. The summed E-state index contributed by atoms with van der Waals surface area (Å²) in [5.74, 6) is 0.232. The number of nitrogens with zero attached hydrogens (tertiary/aromatic N) is 6. The summed E-state index contributed by atoms with van der Waals surface area (Å²) in [6.07, 6.45) is 8.57. The summed E-state index contributed by atoms with van der Waals surface area (Å²) in [4.78, 5) is 34.8. The van der Waals surface area contributed by atoms with Crippen molar-refractivity contribution in [1.29, 1.82) is 0 Å². The number of carbonyl (C=O) groups is 1. The molecule has 0 unspecified atom stereocenters. The molecule has 3 fully saturated rings. The Morgan fingerprint density at radius 1 is 0.877 bits per heavy atom. The molecule has 1 amide bonds. The minimum atomic E-state index is -3.88. The number of hydrogen-bond donors (Lipinski definition) is 2. The molecule has 3 saturated heterocycles. The molecule has 0 saturated carbocycles. The average Bonchev–Trinajstić information content (AvgIpc) is 4.15. The number of ether oxygens (including phenoxy) is 2. The van der Waals surface area contributed by atoms with Gasteiger partial charge in [-0.1, -0.05) is 40.9 Å². The van der Waals surface area contributed by atoms with Gasteiger partial charge in [-0.15, -0.1) is 12.4 Å². The van der Waals surface area contributed by atoms with E-state index in [2.05, 4.69) is 30.2 Å². The van der Waals surface area contributed by atoms with Crippen LogP contribution in [0.5, 0.6) is 0 Å². The van der Waals surface area contributed by atoms with Crippen LogP contribution in [0.25, 0.3) is 44.6 Å². The molecule has 0 radical (unpaired) electrons. The number of hydrogen-bond acceptors (Lipinski definition) is 10. The number of amides is 1. The second-order valence-corrected chi connectivity index (χ2v) is 19.1. The van der Waals surface area contributed by atoms with Crippen LogP contribution >= 0.6 is 35.6 Å². The smallest absolute Gasteiger partial charge is 0.410 e. The summed E-state index contributed by atoms with van der Waals surface area (Å²) >= 11 is 12.4. The van der Waals surface area contributed by atoms with Gasteiger partial charge >= 0.3 is 6.09 Å². The summed E-state index contributed by atoms with van der Waals surface area (Å²) in [5, 5.41) is 5.81. The lowest BCUT2D eigenvalue weighted by molar-refractivity contribution is 0.0589. The fourth-order valence-corrected chi connectivity index (χ4v) is 10.1. The number of benzene rings is 3. The van der Waals surface area contributed by atoms with Gasteiger partial charge in [0.2, 0.25) is 0 Å². The number of aryl methyl sites for hydroxylation is 1. The van der Waals surface area contributed by atoms with Gasteiger partial charge in [-0.05, 0) is 106 Å². The Morgan fingerprint density at radius 3 is 2.23 bits per heavy atom. The zero-order valence-corrected chi connectivity index (χ0v) is 38.3. The van der Waals surface area contributed by atoms with E-state index in [9.17, 15) is 22.0 Å². The second kappa shape index (κ2) is 19.7. The second-order valence-electron chi connectivity index (χ2n) is 16.4. The molecular weight excluding hydrogens is 921 g/mol. The van der Waals surface area contributed by atoms with Crippen LogP contribution in [0.1, 0.15) is 36.2 Å². The molecule has 2 N–H and O–H groups in total. The number of H-pyrrole nitrogens is 1. The Kier molecular flexibility index (Phi) is 14.0. The lowest BCUT2D eigenvalue weighted by Gasteiger charge is -2.19. The molecule has 3 aliphatic heterocycles. The molecule has 0 bridgehead atoms. The SMILES string of the molecule is Cc1ccc(S(=O)(=O)n2cc(-c3ncc(F)c(C[C@@H]4CCNC4)n3)c3cc(Cl)ccc32)cc1.Cl.O=C(O[C@H]1CCOC1)N1CC[C@@H](Cc2nc(-c3c[nH]c4ccc(Cl)cc34)ncc2F)C1. The largest absolute Gasteiger partial charge is 0.444 e. The molecule has 3 atom stereocenters. The van der Waals surface area contributed by atoms with Crippen molar-refractivity contribution in [2.45, 2.75) is 50.0 Å². The minimum absolute atomic E-state index is 0. The monoisotopic (exact) mass is 964 g/mol. The quantitative estimate of drug-likeness (QED) is 0.143. The lowest BCUT2D eigenvalue weighted by Crippen LogP contribution is -2.33. The van der Waals surface area contributed by atoms with E-state index in [0.29, 0.717) is 88.8 Å². The van der Waals surface area contributed by atoms with Gasteiger partial charge in [0.25, 0.3) is 10.0 Å². The summed E-state index contributed by atoms with van der Waals surface area (Å²) < 4.78 is 67.9. The van der Waals surface area contributed by atoms with Gasteiger partial charge < -0.3 is 24.7 Å². The van der Waals surface area contributed by atoms with Crippen LogP contribution in [0.4, 0.5) is 13.6 Å². The van der Waals surface area contributed by atoms with Crippen molar-refractivity contribution in [3.05, 3.63) is 124 Å². The normalized spacial score (nSPS) is 18.5. The Bertz CT molecular complexity index is 2960. The summed E-state index contributed by atoms with van der Waals surface area (Å²) in [5.41, 5.74) is 4.26. The number of aromatic nitrogens is 6. The third-order valence-electron chi connectivity index (χ3n) is 11.9. The van der Waals surface area contributed by atoms with Gasteiger partial charge in [0.05, 0.1) is 47.4 Å². The zero-order valence-electron chi connectivity index (χ0n) is 35.1. The number of nitrogens with one attached hydrogen (secondary N) is 2. The zero-order chi connectivity index (χ0) is 44.5. The Labute approximate surface area is 390 Å². The number of fused-ring (bicyclic) bond motifs is 2. The molecule has 0 aliphatic carbocycles. The van der Waals surface area contributed by atoms with Crippen molar-refractivity contribution in [3.63, 3.8) is 0 Å². The Morgan fingerprint density at radius 2 is 1.55 bits per heavy atom. The first kappa shape index (κ1) is 46.3. The molecule has 10 rings (SSSR count). The average molecular weight is 966 g/mol. The number of rotatable bonds is 9. The maximum absolute atomic E-state index is 14.5. The van der Waals surface area contributed by atoms with Crippen molar-refractivity contribution in [2.75, 3.05) is 39.4 Å². The number of carbonyl (C=O) groups excluding carboxylic acids is 1. The molecule has 3 aliphatic rings. The van der Waals surface area contributed by atoms with Crippen molar-refractivity contribution in [3.8, 4) is 22.8 Å². The predicted octanol–water partition coefficient (Wildman–Crippen LogP) is 9.22. The van der Waals surface area contributed by atoms with E-state index in [-0.39, 0.29) is 41.2 Å². The van der Waals surface area contributed by atoms with E-state index in [4.69, 9.17) is 32.7 Å². The van der Waals surface area contributed by atoms with Gasteiger partial charge in [-0.2, -0.15) is 0 Å². The molecule has 13 nitrogen and oxygen atoms in total. The maximum atomic E-state index is 14.5. The maximum Gasteiger partial charge on any atom is 0.410 e. The van der Waals surface area contributed by atoms with Crippen LogP contribution in [0.3, 0.4) is 0 Å². The van der Waals surface area contributed by atoms with E-state index in [1.165, 1.54) is 16.4 Å². The van der Waals surface area contributed by atoms with Crippen molar-refractivity contribution < 1.29 is 31.5 Å². The Balaban J connectivity index is 0.000000175. The lowest BCUT2D eigenvalue weighted by atomic mass is 10.0.